The summed E-state index contributed by atoms with van der Waals surface area (Å²) in [6.07, 6.45) is 0. The standard InChI is InChI=1S/C25H23N3O4S/c1-16-12-13-22(14-17(16)2)33(30,31)28-21-11-7-10-20(15-21)26-25(29)23-18(3)32-27-24(23)19-8-5-4-6-9-19/h4-15,28H,1-3H3,(H,26,29). The highest BCUT2D eigenvalue weighted by Gasteiger charge is 2.22. The highest BCUT2D eigenvalue weighted by molar-refractivity contribution is 7.92. The Morgan fingerprint density at radius 1 is 0.848 bits per heavy atom. The van der Waals surface area contributed by atoms with Gasteiger partial charge < -0.3 is 9.84 Å². The molecule has 0 spiro atoms. The number of nitrogens with zero attached hydrogens (tertiary/aromatic N) is 1. The summed E-state index contributed by atoms with van der Waals surface area (Å²) in [7, 11) is -3.78. The minimum atomic E-state index is -3.78. The van der Waals surface area contributed by atoms with Crippen molar-refractivity contribution in [2.45, 2.75) is 25.7 Å². The Kier molecular flexibility index (Phi) is 6.02. The number of amides is 1. The summed E-state index contributed by atoms with van der Waals surface area (Å²) in [6.45, 7) is 5.45. The highest BCUT2D eigenvalue weighted by Crippen LogP contribution is 2.27. The van der Waals surface area contributed by atoms with Gasteiger partial charge in [-0.2, -0.15) is 0 Å². The maximum absolute atomic E-state index is 13.0. The second kappa shape index (κ2) is 8.91. The molecule has 0 unspecified atom stereocenters. The molecule has 1 aromatic heterocycles. The van der Waals surface area contributed by atoms with Crippen molar-refractivity contribution in [2.24, 2.45) is 0 Å². The third-order valence-electron chi connectivity index (χ3n) is 5.30. The predicted molar refractivity (Wildman–Crippen MR) is 128 cm³/mol. The number of anilines is 2. The first-order valence-corrected chi connectivity index (χ1v) is 11.8. The first kappa shape index (κ1) is 22.3. The maximum Gasteiger partial charge on any atom is 0.261 e. The number of sulfonamides is 1. The summed E-state index contributed by atoms with van der Waals surface area (Å²) < 4.78 is 33.5. The molecule has 0 aliphatic rings. The van der Waals surface area contributed by atoms with Crippen molar-refractivity contribution in [1.29, 1.82) is 0 Å². The number of carbonyl (C=O) groups is 1. The summed E-state index contributed by atoms with van der Waals surface area (Å²) in [5.41, 5.74) is 4.18. The number of hydrogen-bond acceptors (Lipinski definition) is 5. The first-order valence-electron chi connectivity index (χ1n) is 10.3. The summed E-state index contributed by atoms with van der Waals surface area (Å²) in [5.74, 6) is -0.0141. The molecule has 0 radical (unpaired) electrons. The van der Waals surface area contributed by atoms with Crippen molar-refractivity contribution in [3.8, 4) is 11.3 Å². The van der Waals surface area contributed by atoms with Gasteiger partial charge in [0, 0.05) is 11.3 Å². The van der Waals surface area contributed by atoms with Gasteiger partial charge in [-0.25, -0.2) is 8.42 Å². The van der Waals surface area contributed by atoms with Crippen molar-refractivity contribution in [2.75, 3.05) is 10.0 Å². The van der Waals surface area contributed by atoms with Gasteiger partial charge in [0.05, 0.1) is 10.6 Å². The normalized spacial score (nSPS) is 11.2. The molecule has 4 rings (SSSR count). The molecule has 4 aromatic rings. The van der Waals surface area contributed by atoms with Crippen LogP contribution in [0.4, 0.5) is 11.4 Å². The summed E-state index contributed by atoms with van der Waals surface area (Å²) in [4.78, 5) is 13.2. The number of rotatable bonds is 6. The van der Waals surface area contributed by atoms with E-state index in [1.54, 1.807) is 49.4 Å². The largest absolute Gasteiger partial charge is 0.360 e. The monoisotopic (exact) mass is 461 g/mol. The molecule has 0 saturated heterocycles. The van der Waals surface area contributed by atoms with Crippen LogP contribution in [0.1, 0.15) is 27.2 Å². The molecule has 8 heteroatoms. The van der Waals surface area contributed by atoms with E-state index in [4.69, 9.17) is 4.52 Å². The van der Waals surface area contributed by atoms with Crippen LogP contribution in [0.2, 0.25) is 0 Å². The Morgan fingerprint density at radius 3 is 2.30 bits per heavy atom. The van der Waals surface area contributed by atoms with Crippen molar-refractivity contribution in [1.82, 2.24) is 5.16 Å². The molecular weight excluding hydrogens is 438 g/mol. The smallest absolute Gasteiger partial charge is 0.261 e. The molecule has 0 fully saturated rings. The Bertz CT molecular complexity index is 1430. The van der Waals surface area contributed by atoms with Gasteiger partial charge in [0.25, 0.3) is 15.9 Å². The van der Waals surface area contributed by atoms with Crippen LogP contribution in [0.15, 0.2) is 82.2 Å². The summed E-state index contributed by atoms with van der Waals surface area (Å²) >= 11 is 0. The van der Waals surface area contributed by atoms with Crippen molar-refractivity contribution in [3.63, 3.8) is 0 Å². The van der Waals surface area contributed by atoms with Gasteiger partial charge in [-0.3, -0.25) is 9.52 Å². The number of hydrogen-bond donors (Lipinski definition) is 2. The van der Waals surface area contributed by atoms with Gasteiger partial charge in [-0.15, -0.1) is 0 Å². The molecule has 2 N–H and O–H groups in total. The van der Waals surface area contributed by atoms with Crippen LogP contribution in [-0.4, -0.2) is 19.5 Å². The molecule has 33 heavy (non-hydrogen) atoms. The molecule has 0 saturated carbocycles. The Balaban J connectivity index is 1.56. The molecule has 1 heterocycles. The Morgan fingerprint density at radius 2 is 1.58 bits per heavy atom. The first-order chi connectivity index (χ1) is 15.7. The molecule has 1 amide bonds. The van der Waals surface area contributed by atoms with E-state index in [0.717, 1.165) is 16.7 Å². The van der Waals surface area contributed by atoms with E-state index < -0.39 is 15.9 Å². The average molecular weight is 462 g/mol. The van der Waals surface area contributed by atoms with E-state index in [1.165, 1.54) is 0 Å². The lowest BCUT2D eigenvalue weighted by molar-refractivity contribution is 0.102. The van der Waals surface area contributed by atoms with Crippen LogP contribution < -0.4 is 10.0 Å². The van der Waals surface area contributed by atoms with Gasteiger partial charge in [-0.1, -0.05) is 47.6 Å². The number of benzene rings is 3. The fraction of sp³-hybridized carbons (Fsp3) is 0.120. The van der Waals surface area contributed by atoms with Crippen LogP contribution in [0.25, 0.3) is 11.3 Å². The fourth-order valence-corrected chi connectivity index (χ4v) is 4.52. The van der Waals surface area contributed by atoms with Crippen LogP contribution in [-0.2, 0) is 10.0 Å². The van der Waals surface area contributed by atoms with Gasteiger partial charge in [0.2, 0.25) is 0 Å². The maximum atomic E-state index is 13.0. The third-order valence-corrected chi connectivity index (χ3v) is 6.68. The van der Waals surface area contributed by atoms with Crippen LogP contribution in [0.5, 0.6) is 0 Å². The lowest BCUT2D eigenvalue weighted by Crippen LogP contribution is -2.15. The molecular formula is C25H23N3O4S. The lowest BCUT2D eigenvalue weighted by Gasteiger charge is -2.11. The van der Waals surface area contributed by atoms with Crippen molar-refractivity contribution < 1.29 is 17.7 Å². The van der Waals surface area contributed by atoms with E-state index in [1.807, 2.05) is 44.2 Å². The zero-order valence-electron chi connectivity index (χ0n) is 18.4. The van der Waals surface area contributed by atoms with E-state index in [2.05, 4.69) is 15.2 Å². The molecule has 0 atom stereocenters. The quantitative estimate of drug-likeness (QED) is 0.405. The Labute approximate surface area is 192 Å². The average Bonchev–Trinajstić information content (AvgIpc) is 3.17. The van der Waals surface area contributed by atoms with E-state index in [0.29, 0.717) is 28.4 Å². The van der Waals surface area contributed by atoms with Crippen molar-refractivity contribution >= 4 is 27.3 Å². The zero-order valence-corrected chi connectivity index (χ0v) is 19.2. The number of nitrogens with one attached hydrogen (secondary N) is 2. The second-order valence-corrected chi connectivity index (χ2v) is 9.40. The van der Waals surface area contributed by atoms with E-state index in [9.17, 15) is 13.2 Å². The van der Waals surface area contributed by atoms with Gasteiger partial charge in [0.15, 0.2) is 0 Å². The number of aromatic nitrogens is 1. The van der Waals surface area contributed by atoms with Crippen LogP contribution in [0.3, 0.4) is 0 Å². The van der Waals surface area contributed by atoms with E-state index >= 15 is 0 Å². The SMILES string of the molecule is Cc1ccc(S(=O)(=O)Nc2cccc(NC(=O)c3c(-c4ccccc4)noc3C)c2)cc1C. The molecule has 0 bridgehead atoms. The molecule has 0 aliphatic carbocycles. The molecule has 0 aliphatic heterocycles. The third kappa shape index (κ3) is 4.80. The van der Waals surface area contributed by atoms with Crippen molar-refractivity contribution in [3.05, 3.63) is 95.2 Å². The summed E-state index contributed by atoms with van der Waals surface area (Å²) in [6, 6.07) is 20.7. The minimum absolute atomic E-state index is 0.174. The van der Waals surface area contributed by atoms with Crippen LogP contribution >= 0.6 is 0 Å². The molecule has 3 aromatic carbocycles. The fourth-order valence-electron chi connectivity index (χ4n) is 3.38. The van der Waals surface area contributed by atoms with Gasteiger partial charge in [0.1, 0.15) is 17.0 Å². The highest BCUT2D eigenvalue weighted by atomic mass is 32.2. The topological polar surface area (TPSA) is 101 Å². The Hall–Kier alpha value is -3.91. The number of carbonyl (C=O) groups excluding carboxylic acids is 1. The molecule has 168 valence electrons. The molecule has 7 nitrogen and oxygen atoms in total. The van der Waals surface area contributed by atoms with E-state index in [-0.39, 0.29) is 4.90 Å². The van der Waals surface area contributed by atoms with Gasteiger partial charge in [-0.05, 0) is 62.2 Å². The number of aryl methyl sites for hydroxylation is 3. The second-order valence-electron chi connectivity index (χ2n) is 7.71. The van der Waals surface area contributed by atoms with Gasteiger partial charge >= 0.3 is 0 Å². The summed E-state index contributed by atoms with van der Waals surface area (Å²) in [5, 5.41) is 6.84. The van der Waals surface area contributed by atoms with Crippen LogP contribution in [0, 0.1) is 20.8 Å². The lowest BCUT2D eigenvalue weighted by atomic mass is 10.1. The zero-order chi connectivity index (χ0) is 23.6. The predicted octanol–water partition coefficient (Wildman–Crippen LogP) is 5.32. The minimum Gasteiger partial charge on any atom is -0.360 e.